The quantitative estimate of drug-likeness (QED) is 0.320. The van der Waals surface area contributed by atoms with E-state index in [4.69, 9.17) is 0 Å². The van der Waals surface area contributed by atoms with E-state index in [-0.39, 0.29) is 17.1 Å². The normalized spacial score (nSPS) is 12.6. The van der Waals surface area contributed by atoms with Crippen molar-refractivity contribution in [2.45, 2.75) is 57.5 Å². The zero-order chi connectivity index (χ0) is 24.4. The average Bonchev–Trinajstić information content (AvgIpc) is 2.80. The van der Waals surface area contributed by atoms with Crippen molar-refractivity contribution in [2.24, 2.45) is 0 Å². The second-order valence-electron chi connectivity index (χ2n) is 8.28. The second-order valence-corrected chi connectivity index (χ2v) is 10.1. The molecule has 1 N–H and O–H groups in total. The Hall–Kier alpha value is -2.49. The number of aliphatic hydroxyl groups excluding tert-OH is 1. The third-order valence-electron chi connectivity index (χ3n) is 5.46. The smallest absolute Gasteiger partial charge is 0.269 e. The molecule has 0 saturated heterocycles. The highest BCUT2D eigenvalue weighted by Crippen LogP contribution is 2.26. The average molecular weight is 478 g/mol. The van der Waals surface area contributed by atoms with Gasteiger partial charge in [0.15, 0.2) is 0 Å². The van der Waals surface area contributed by atoms with Gasteiger partial charge in [-0.3, -0.25) is 14.4 Å². The van der Waals surface area contributed by atoms with Crippen LogP contribution in [0.3, 0.4) is 0 Å². The fourth-order valence-electron chi connectivity index (χ4n) is 3.53. The zero-order valence-corrected chi connectivity index (χ0v) is 20.5. The highest BCUT2D eigenvalue weighted by molar-refractivity contribution is 7.92. The molecule has 1 atom stereocenters. The van der Waals surface area contributed by atoms with E-state index in [1.165, 1.54) is 28.6 Å². The Kier molecular flexibility index (Phi) is 10.3. The molecule has 0 bridgehead atoms. The highest BCUT2D eigenvalue weighted by atomic mass is 32.2. The van der Waals surface area contributed by atoms with Gasteiger partial charge in [0, 0.05) is 18.7 Å². The number of unbranched alkanes of at least 4 members (excludes halogenated alkanes) is 2. The number of hydrogen-bond donors (Lipinski definition) is 1. The van der Waals surface area contributed by atoms with Crippen molar-refractivity contribution in [3.8, 4) is 0 Å². The molecule has 2 aromatic rings. The number of aliphatic hydroxyl groups is 1. The summed E-state index contributed by atoms with van der Waals surface area (Å²) in [4.78, 5) is 12.5. The molecule has 0 spiro atoms. The summed E-state index contributed by atoms with van der Waals surface area (Å²) in [6.07, 6.45) is 3.22. The van der Waals surface area contributed by atoms with E-state index < -0.39 is 21.1 Å². The molecule has 0 aromatic heterocycles. The maximum Gasteiger partial charge on any atom is 0.269 e. The molecule has 0 heterocycles. The van der Waals surface area contributed by atoms with E-state index in [1.807, 2.05) is 19.1 Å². The first-order valence-corrected chi connectivity index (χ1v) is 12.9. The summed E-state index contributed by atoms with van der Waals surface area (Å²) in [5.41, 5.74) is 1.24. The van der Waals surface area contributed by atoms with Crippen molar-refractivity contribution in [1.82, 2.24) is 4.90 Å². The van der Waals surface area contributed by atoms with Crippen LogP contribution in [0.4, 0.5) is 11.4 Å². The Morgan fingerprint density at radius 1 is 0.939 bits per heavy atom. The molecule has 0 fully saturated rings. The molecule has 0 saturated carbocycles. The van der Waals surface area contributed by atoms with Crippen molar-refractivity contribution >= 4 is 21.4 Å². The molecule has 2 aromatic carbocycles. The van der Waals surface area contributed by atoms with Crippen LogP contribution in [0, 0.1) is 17.0 Å². The van der Waals surface area contributed by atoms with Crippen LogP contribution in [0.15, 0.2) is 53.4 Å². The Morgan fingerprint density at radius 3 is 1.97 bits per heavy atom. The Bertz CT molecular complexity index is 970. The lowest BCUT2D eigenvalue weighted by atomic mass is 10.2. The van der Waals surface area contributed by atoms with Crippen molar-refractivity contribution in [2.75, 3.05) is 30.5 Å². The molecule has 2 rings (SSSR count). The maximum absolute atomic E-state index is 13.5. The van der Waals surface area contributed by atoms with Crippen LogP contribution in [0.25, 0.3) is 0 Å². The molecular weight excluding hydrogens is 442 g/mol. The lowest BCUT2D eigenvalue weighted by molar-refractivity contribution is -0.384. The summed E-state index contributed by atoms with van der Waals surface area (Å²) in [6.45, 7) is 8.11. The lowest BCUT2D eigenvalue weighted by Gasteiger charge is -2.30. The van der Waals surface area contributed by atoms with Crippen molar-refractivity contribution in [3.63, 3.8) is 0 Å². The van der Waals surface area contributed by atoms with Crippen molar-refractivity contribution in [1.29, 1.82) is 0 Å². The van der Waals surface area contributed by atoms with Crippen molar-refractivity contribution in [3.05, 3.63) is 64.2 Å². The molecule has 0 amide bonds. The van der Waals surface area contributed by atoms with Crippen LogP contribution in [-0.2, 0) is 10.0 Å². The standard InChI is InChI=1S/C24H35N3O5S/c1-4-6-16-25(17-7-5-2)18-23(28)19-26(21-10-8-20(3)9-11-21)33(31,32)24-14-12-22(13-15-24)27(29)30/h8-15,23,28H,4-7,16-19H2,1-3H3/t23-/m0/s1. The third-order valence-corrected chi connectivity index (χ3v) is 7.27. The van der Waals surface area contributed by atoms with Gasteiger partial charge in [-0.15, -0.1) is 0 Å². The van der Waals surface area contributed by atoms with E-state index >= 15 is 0 Å². The first-order valence-electron chi connectivity index (χ1n) is 11.4. The number of rotatable bonds is 14. The maximum atomic E-state index is 13.5. The number of hydrogen-bond acceptors (Lipinski definition) is 6. The summed E-state index contributed by atoms with van der Waals surface area (Å²) in [5, 5.41) is 21.8. The van der Waals surface area contributed by atoms with E-state index in [2.05, 4.69) is 18.7 Å². The van der Waals surface area contributed by atoms with Crippen LogP contribution < -0.4 is 4.31 Å². The van der Waals surface area contributed by atoms with Gasteiger partial charge < -0.3 is 10.0 Å². The fraction of sp³-hybridized carbons (Fsp3) is 0.500. The lowest BCUT2D eigenvalue weighted by Crippen LogP contribution is -2.43. The SMILES string of the molecule is CCCCN(CCCC)C[C@H](O)CN(c1ccc(C)cc1)S(=O)(=O)c1ccc([N+](=O)[O-])cc1. The minimum Gasteiger partial charge on any atom is -0.390 e. The largest absolute Gasteiger partial charge is 0.390 e. The van der Waals surface area contributed by atoms with E-state index in [9.17, 15) is 23.6 Å². The topological polar surface area (TPSA) is 104 Å². The van der Waals surface area contributed by atoms with Crippen LogP contribution in [0.2, 0.25) is 0 Å². The molecular formula is C24H35N3O5S. The molecule has 0 radical (unpaired) electrons. The predicted molar refractivity (Wildman–Crippen MR) is 131 cm³/mol. The molecule has 0 aliphatic rings. The van der Waals surface area contributed by atoms with Crippen LogP contribution >= 0.6 is 0 Å². The van der Waals surface area contributed by atoms with E-state index in [0.29, 0.717) is 12.2 Å². The number of aryl methyl sites for hydroxylation is 1. The minimum absolute atomic E-state index is 0.0605. The first-order chi connectivity index (χ1) is 15.7. The van der Waals surface area contributed by atoms with Gasteiger partial charge in [0.2, 0.25) is 0 Å². The van der Waals surface area contributed by atoms with E-state index in [0.717, 1.165) is 44.3 Å². The fourth-order valence-corrected chi connectivity index (χ4v) is 5.03. The van der Waals surface area contributed by atoms with Crippen LogP contribution in [0.5, 0.6) is 0 Å². The molecule has 33 heavy (non-hydrogen) atoms. The van der Waals surface area contributed by atoms with Gasteiger partial charge in [0.1, 0.15) is 0 Å². The second kappa shape index (κ2) is 12.7. The number of anilines is 1. The molecule has 8 nitrogen and oxygen atoms in total. The Balaban J connectivity index is 2.31. The summed E-state index contributed by atoms with van der Waals surface area (Å²) in [7, 11) is -4.04. The van der Waals surface area contributed by atoms with Gasteiger partial charge in [-0.2, -0.15) is 0 Å². The summed E-state index contributed by atoms with van der Waals surface area (Å²) < 4.78 is 28.2. The molecule has 9 heteroatoms. The van der Waals surface area contributed by atoms with Crippen LogP contribution in [-0.4, -0.2) is 55.6 Å². The molecule has 0 aliphatic carbocycles. The van der Waals surface area contributed by atoms with Crippen molar-refractivity contribution < 1.29 is 18.4 Å². The molecule has 182 valence electrons. The highest BCUT2D eigenvalue weighted by Gasteiger charge is 2.28. The van der Waals surface area contributed by atoms with Gasteiger partial charge >= 0.3 is 0 Å². The number of sulfonamides is 1. The Morgan fingerprint density at radius 2 is 1.48 bits per heavy atom. The van der Waals surface area contributed by atoms with Gasteiger partial charge in [-0.25, -0.2) is 8.42 Å². The predicted octanol–water partition coefficient (Wildman–Crippen LogP) is 4.36. The van der Waals surface area contributed by atoms with Gasteiger partial charge in [-0.05, 0) is 57.1 Å². The summed E-state index contributed by atoms with van der Waals surface area (Å²) in [5.74, 6) is 0. The summed E-state index contributed by atoms with van der Waals surface area (Å²) in [6, 6.07) is 11.9. The first kappa shape index (κ1) is 26.8. The minimum atomic E-state index is -4.04. The number of non-ortho nitro benzene ring substituents is 1. The number of benzene rings is 2. The number of nitro groups is 1. The Labute approximate surface area is 197 Å². The molecule has 0 aliphatic heterocycles. The monoisotopic (exact) mass is 477 g/mol. The van der Waals surface area contributed by atoms with Gasteiger partial charge in [0.25, 0.3) is 15.7 Å². The van der Waals surface area contributed by atoms with Crippen LogP contribution in [0.1, 0.15) is 45.1 Å². The molecule has 0 unspecified atom stereocenters. The van der Waals surface area contributed by atoms with E-state index in [1.54, 1.807) is 12.1 Å². The number of nitro benzene ring substituents is 1. The number of nitrogens with zero attached hydrogens (tertiary/aromatic N) is 3. The third kappa shape index (κ3) is 7.80. The van der Waals surface area contributed by atoms with Gasteiger partial charge in [-0.1, -0.05) is 44.4 Å². The summed E-state index contributed by atoms with van der Waals surface area (Å²) >= 11 is 0. The van der Waals surface area contributed by atoms with Gasteiger partial charge in [0.05, 0.1) is 28.2 Å². The zero-order valence-electron chi connectivity index (χ0n) is 19.7.